The van der Waals surface area contributed by atoms with Gasteiger partial charge in [0, 0.05) is 37.4 Å². The molecule has 1 aromatic carbocycles. The Morgan fingerprint density at radius 3 is 2.66 bits per heavy atom. The topological polar surface area (TPSA) is 74.3 Å². The van der Waals surface area contributed by atoms with Gasteiger partial charge in [0.15, 0.2) is 0 Å². The van der Waals surface area contributed by atoms with E-state index in [9.17, 15) is 9.59 Å². The highest BCUT2D eigenvalue weighted by molar-refractivity contribution is 5.99. The molecule has 154 valence electrons. The zero-order valence-corrected chi connectivity index (χ0v) is 17.3. The van der Waals surface area contributed by atoms with E-state index in [0.717, 1.165) is 43.7 Å². The zero-order chi connectivity index (χ0) is 20.6. The molecule has 6 heteroatoms. The summed E-state index contributed by atoms with van der Waals surface area (Å²) in [4.78, 5) is 31.8. The first-order chi connectivity index (χ1) is 14.1. The standard InChI is InChI=1S/C23H30N4O2/c1-3-17(2)26-22(28)19-10-7-9-18(15-19)16-25-23(29)20-11-8-12-24-21(20)27-13-5-4-6-14-27/h7-12,15,17H,3-6,13-14,16H2,1-2H3,(H,25,29)(H,26,28). The number of carbonyl (C=O) groups excluding carboxylic acids is 2. The van der Waals surface area contributed by atoms with Crippen molar-refractivity contribution in [2.75, 3.05) is 18.0 Å². The van der Waals surface area contributed by atoms with Crippen molar-refractivity contribution in [3.05, 3.63) is 59.3 Å². The lowest BCUT2D eigenvalue weighted by molar-refractivity contribution is 0.0936. The lowest BCUT2D eigenvalue weighted by atomic mass is 10.1. The van der Waals surface area contributed by atoms with Gasteiger partial charge in [-0.2, -0.15) is 0 Å². The number of rotatable bonds is 7. The molecule has 0 radical (unpaired) electrons. The van der Waals surface area contributed by atoms with E-state index in [1.807, 2.05) is 38.1 Å². The van der Waals surface area contributed by atoms with Crippen LogP contribution in [0.4, 0.5) is 5.82 Å². The zero-order valence-electron chi connectivity index (χ0n) is 17.3. The third-order valence-corrected chi connectivity index (χ3v) is 5.32. The fraction of sp³-hybridized carbons (Fsp3) is 0.435. The lowest BCUT2D eigenvalue weighted by Gasteiger charge is -2.29. The minimum Gasteiger partial charge on any atom is -0.356 e. The number of benzene rings is 1. The van der Waals surface area contributed by atoms with Crippen molar-refractivity contribution in [2.45, 2.75) is 52.1 Å². The molecule has 1 unspecified atom stereocenters. The van der Waals surface area contributed by atoms with Gasteiger partial charge in [0.1, 0.15) is 5.82 Å². The van der Waals surface area contributed by atoms with Gasteiger partial charge in [0.25, 0.3) is 11.8 Å². The Morgan fingerprint density at radius 1 is 1.10 bits per heavy atom. The van der Waals surface area contributed by atoms with Gasteiger partial charge >= 0.3 is 0 Å². The van der Waals surface area contributed by atoms with Gasteiger partial charge in [0.05, 0.1) is 5.56 Å². The maximum Gasteiger partial charge on any atom is 0.255 e. The molecule has 0 bridgehead atoms. The van der Waals surface area contributed by atoms with Crippen LogP contribution in [-0.4, -0.2) is 35.9 Å². The summed E-state index contributed by atoms with van der Waals surface area (Å²) in [6, 6.07) is 11.1. The Morgan fingerprint density at radius 2 is 1.90 bits per heavy atom. The molecule has 2 heterocycles. The van der Waals surface area contributed by atoms with Gasteiger partial charge < -0.3 is 15.5 Å². The number of piperidine rings is 1. The minimum absolute atomic E-state index is 0.0906. The van der Waals surface area contributed by atoms with Crippen LogP contribution in [0.2, 0.25) is 0 Å². The number of amides is 2. The second-order valence-electron chi connectivity index (χ2n) is 7.59. The molecule has 0 aliphatic carbocycles. The molecule has 2 amide bonds. The van der Waals surface area contributed by atoms with Crippen molar-refractivity contribution in [1.82, 2.24) is 15.6 Å². The van der Waals surface area contributed by atoms with Gasteiger partial charge in [-0.1, -0.05) is 19.1 Å². The molecule has 1 fully saturated rings. The highest BCUT2D eigenvalue weighted by Gasteiger charge is 2.19. The van der Waals surface area contributed by atoms with Crippen molar-refractivity contribution < 1.29 is 9.59 Å². The average Bonchev–Trinajstić information content (AvgIpc) is 2.78. The first-order valence-corrected chi connectivity index (χ1v) is 10.5. The second-order valence-corrected chi connectivity index (χ2v) is 7.59. The Kier molecular flexibility index (Phi) is 7.22. The third-order valence-electron chi connectivity index (χ3n) is 5.32. The van der Waals surface area contributed by atoms with E-state index in [-0.39, 0.29) is 17.9 Å². The number of carbonyl (C=O) groups is 2. The Bertz CT molecular complexity index is 846. The van der Waals surface area contributed by atoms with Crippen LogP contribution >= 0.6 is 0 Å². The largest absolute Gasteiger partial charge is 0.356 e. The molecule has 1 atom stereocenters. The van der Waals surface area contributed by atoms with Gasteiger partial charge in [-0.25, -0.2) is 4.98 Å². The summed E-state index contributed by atoms with van der Waals surface area (Å²) >= 11 is 0. The third kappa shape index (κ3) is 5.56. The summed E-state index contributed by atoms with van der Waals surface area (Å²) in [7, 11) is 0. The SMILES string of the molecule is CCC(C)NC(=O)c1cccc(CNC(=O)c2cccnc2N2CCCCC2)c1. The van der Waals surface area contributed by atoms with Gasteiger partial charge in [-0.15, -0.1) is 0 Å². The van der Waals surface area contributed by atoms with Gasteiger partial charge in [0.2, 0.25) is 0 Å². The first-order valence-electron chi connectivity index (χ1n) is 10.5. The highest BCUT2D eigenvalue weighted by atomic mass is 16.2. The van der Waals surface area contributed by atoms with Gasteiger partial charge in [-0.3, -0.25) is 9.59 Å². The smallest absolute Gasteiger partial charge is 0.255 e. The fourth-order valence-electron chi connectivity index (χ4n) is 3.44. The summed E-state index contributed by atoms with van der Waals surface area (Å²) in [5.74, 6) is 0.520. The van der Waals surface area contributed by atoms with Crippen molar-refractivity contribution >= 4 is 17.6 Å². The lowest BCUT2D eigenvalue weighted by Crippen LogP contribution is -2.33. The predicted molar refractivity (Wildman–Crippen MR) is 115 cm³/mol. The van der Waals surface area contributed by atoms with Crippen molar-refractivity contribution in [2.24, 2.45) is 0 Å². The molecule has 1 aliphatic heterocycles. The number of hydrogen-bond donors (Lipinski definition) is 2. The number of pyridine rings is 1. The minimum atomic E-state index is -0.145. The summed E-state index contributed by atoms with van der Waals surface area (Å²) in [6.45, 7) is 6.25. The number of nitrogens with zero attached hydrogens (tertiary/aromatic N) is 2. The van der Waals surface area contributed by atoms with Crippen LogP contribution in [0.15, 0.2) is 42.6 Å². The van der Waals surface area contributed by atoms with Crippen LogP contribution in [0.3, 0.4) is 0 Å². The van der Waals surface area contributed by atoms with Gasteiger partial charge in [-0.05, 0) is 62.4 Å². The normalized spacial score (nSPS) is 14.9. The van der Waals surface area contributed by atoms with E-state index in [1.54, 1.807) is 18.3 Å². The maximum absolute atomic E-state index is 12.8. The number of hydrogen-bond acceptors (Lipinski definition) is 4. The summed E-state index contributed by atoms with van der Waals surface area (Å²) < 4.78 is 0. The quantitative estimate of drug-likeness (QED) is 0.753. The number of anilines is 1. The van der Waals surface area contributed by atoms with Crippen LogP contribution in [0.5, 0.6) is 0 Å². The molecule has 0 saturated carbocycles. The Hall–Kier alpha value is -2.89. The molecule has 2 N–H and O–H groups in total. The first kappa shape index (κ1) is 20.8. The van der Waals surface area contributed by atoms with E-state index >= 15 is 0 Å². The molecule has 6 nitrogen and oxygen atoms in total. The molecule has 3 rings (SSSR count). The maximum atomic E-state index is 12.8. The van der Waals surface area contributed by atoms with E-state index in [0.29, 0.717) is 17.7 Å². The number of nitrogens with one attached hydrogen (secondary N) is 2. The van der Waals surface area contributed by atoms with E-state index in [1.165, 1.54) is 6.42 Å². The van der Waals surface area contributed by atoms with Crippen molar-refractivity contribution in [3.8, 4) is 0 Å². The fourth-order valence-corrected chi connectivity index (χ4v) is 3.44. The Balaban J connectivity index is 1.66. The second kappa shape index (κ2) is 10.0. The molecule has 1 saturated heterocycles. The van der Waals surface area contributed by atoms with Crippen molar-refractivity contribution in [1.29, 1.82) is 0 Å². The summed E-state index contributed by atoms with van der Waals surface area (Å²) in [5.41, 5.74) is 2.09. The van der Waals surface area contributed by atoms with Crippen LogP contribution in [-0.2, 0) is 6.54 Å². The van der Waals surface area contributed by atoms with E-state index in [2.05, 4.69) is 20.5 Å². The van der Waals surface area contributed by atoms with Crippen LogP contribution < -0.4 is 15.5 Å². The monoisotopic (exact) mass is 394 g/mol. The Labute approximate surface area is 172 Å². The molecular formula is C23H30N4O2. The molecular weight excluding hydrogens is 364 g/mol. The number of aromatic nitrogens is 1. The highest BCUT2D eigenvalue weighted by Crippen LogP contribution is 2.21. The molecule has 0 spiro atoms. The molecule has 1 aromatic heterocycles. The summed E-state index contributed by atoms with van der Waals surface area (Å²) in [6.07, 6.45) is 6.10. The average molecular weight is 395 g/mol. The summed E-state index contributed by atoms with van der Waals surface area (Å²) in [5, 5.41) is 5.94. The molecule has 29 heavy (non-hydrogen) atoms. The molecule has 2 aromatic rings. The van der Waals surface area contributed by atoms with Crippen LogP contribution in [0.1, 0.15) is 65.8 Å². The van der Waals surface area contributed by atoms with Crippen LogP contribution in [0.25, 0.3) is 0 Å². The molecule has 1 aliphatic rings. The van der Waals surface area contributed by atoms with Crippen LogP contribution in [0, 0.1) is 0 Å². The van der Waals surface area contributed by atoms with E-state index in [4.69, 9.17) is 0 Å². The predicted octanol–water partition coefficient (Wildman–Crippen LogP) is 3.53. The van der Waals surface area contributed by atoms with E-state index < -0.39 is 0 Å². The van der Waals surface area contributed by atoms with Crippen molar-refractivity contribution in [3.63, 3.8) is 0 Å².